The first-order valence-electron chi connectivity index (χ1n) is 21.4. The summed E-state index contributed by atoms with van der Waals surface area (Å²) in [5.74, 6) is 2.68. The van der Waals surface area contributed by atoms with Gasteiger partial charge in [0.25, 0.3) is 11.8 Å². The molecule has 19 heteroatoms. The third-order valence-corrected chi connectivity index (χ3v) is 11.4. The Morgan fingerprint density at radius 3 is 1.80 bits per heavy atom. The molecule has 2 aliphatic carbocycles. The maximum atomic E-state index is 12.3. The number of methoxy groups -OCH3 is 1. The van der Waals surface area contributed by atoms with E-state index in [4.69, 9.17) is 27.5 Å². The average molecular weight is 938 g/mol. The summed E-state index contributed by atoms with van der Waals surface area (Å²) in [5.41, 5.74) is 8.59. The van der Waals surface area contributed by atoms with Crippen molar-refractivity contribution in [1.82, 2.24) is 25.0 Å². The van der Waals surface area contributed by atoms with Crippen molar-refractivity contribution in [1.29, 1.82) is 10.5 Å². The van der Waals surface area contributed by atoms with E-state index in [-0.39, 0.29) is 36.5 Å². The molecule has 0 saturated heterocycles. The second-order valence-corrected chi connectivity index (χ2v) is 17.9. The van der Waals surface area contributed by atoms with Crippen LogP contribution in [-0.4, -0.2) is 64.6 Å². The molecule has 0 radical (unpaired) electrons. The molecule has 2 aromatic heterocycles. The van der Waals surface area contributed by atoms with Crippen LogP contribution in [0.3, 0.4) is 0 Å². The van der Waals surface area contributed by atoms with Crippen molar-refractivity contribution >= 4 is 21.2 Å². The van der Waals surface area contributed by atoms with Crippen LogP contribution in [0, 0.1) is 22.7 Å². The second-order valence-electron chi connectivity index (χ2n) is 15.3. The molecule has 17 nitrogen and oxygen atoms in total. The lowest BCUT2D eigenvalue weighted by atomic mass is 10.0. The zero-order chi connectivity index (χ0) is 48.0. The van der Waals surface area contributed by atoms with E-state index in [1.807, 2.05) is 77.9 Å². The third kappa shape index (κ3) is 13.2. The topological polar surface area (TPSA) is 268 Å². The Hall–Kier alpha value is -6.32. The summed E-state index contributed by atoms with van der Waals surface area (Å²) in [6.45, 7) is 11.8. The number of nitrogens with one attached hydrogen (secondary N) is 1. The number of rotatable bonds is 13. The van der Waals surface area contributed by atoms with E-state index < -0.39 is 21.2 Å². The first-order chi connectivity index (χ1) is 31.7. The fourth-order valence-electron chi connectivity index (χ4n) is 7.40. The van der Waals surface area contributed by atoms with Crippen LogP contribution in [0.4, 0.5) is 0 Å². The van der Waals surface area contributed by atoms with E-state index in [1.54, 1.807) is 30.3 Å². The molecule has 0 bridgehead atoms. The lowest BCUT2D eigenvalue weighted by Crippen LogP contribution is -2.31. The largest absolute Gasteiger partial charge is 0.490 e. The van der Waals surface area contributed by atoms with Crippen LogP contribution in [0.25, 0.3) is 45.7 Å². The predicted molar refractivity (Wildman–Crippen MR) is 251 cm³/mol. The van der Waals surface area contributed by atoms with E-state index in [1.165, 1.54) is 24.7 Å². The van der Waals surface area contributed by atoms with Crippen molar-refractivity contribution in [2.24, 2.45) is 10.3 Å². The zero-order valence-electron chi connectivity index (χ0n) is 38.0. The van der Waals surface area contributed by atoms with Crippen molar-refractivity contribution in [3.63, 3.8) is 0 Å². The highest BCUT2D eigenvalue weighted by atomic mass is 32.2. The summed E-state index contributed by atoms with van der Waals surface area (Å²) in [4.78, 5) is 9.12. The number of nitriles is 2. The monoisotopic (exact) mass is 937 g/mol. The fraction of sp³-hybridized carbons (Fsp3) is 0.362. The van der Waals surface area contributed by atoms with Gasteiger partial charge in [-0.1, -0.05) is 60.6 Å². The van der Waals surface area contributed by atoms with Gasteiger partial charge in [0.2, 0.25) is 21.7 Å². The average Bonchev–Trinajstić information content (AvgIpc) is 4.14. The fourth-order valence-corrected chi connectivity index (χ4v) is 8.58. The number of nitrogens with zero attached hydrogens (tertiary/aromatic N) is 6. The van der Waals surface area contributed by atoms with Gasteiger partial charge in [-0.2, -0.15) is 20.5 Å². The minimum Gasteiger partial charge on any atom is -0.490 e. The van der Waals surface area contributed by atoms with Crippen LogP contribution in [0.1, 0.15) is 93.8 Å². The molecule has 1 unspecified atom stereocenters. The molecule has 66 heavy (non-hydrogen) atoms. The maximum Gasteiger partial charge on any atom is 0.258 e. The smallest absolute Gasteiger partial charge is 0.258 e. The van der Waals surface area contributed by atoms with E-state index in [9.17, 15) is 18.9 Å². The predicted octanol–water partition coefficient (Wildman–Crippen LogP) is 7.68. The third-order valence-electron chi connectivity index (χ3n) is 10.0. The first-order valence-corrected chi connectivity index (χ1v) is 24.4. The highest BCUT2D eigenvalue weighted by Crippen LogP contribution is 2.38. The molecule has 0 amide bonds. The minimum absolute atomic E-state index is 0.00290. The Bertz CT molecular complexity index is 2810. The van der Waals surface area contributed by atoms with Crippen molar-refractivity contribution < 1.29 is 35.9 Å². The minimum atomic E-state index is -3.46. The highest BCUT2D eigenvalue weighted by molar-refractivity contribution is 7.89. The number of hydrogen-bond donors (Lipinski definition) is 3. The molecule has 1 atom stereocenters. The van der Waals surface area contributed by atoms with Crippen LogP contribution in [0.15, 0.2) is 81.8 Å². The number of aromatic nitrogens is 4. The van der Waals surface area contributed by atoms with Gasteiger partial charge in [0.05, 0.1) is 35.7 Å². The van der Waals surface area contributed by atoms with Crippen molar-refractivity contribution in [3.05, 3.63) is 106 Å². The number of hydrogen-bond acceptors (Lipinski definition) is 14. The van der Waals surface area contributed by atoms with Crippen LogP contribution in [-0.2, 0) is 45.2 Å². The standard InChI is InChI=1S/C24H26N4O5S.C21H19N3O2.C2H6.H4N2OS/c1-15(2)32-22-10-7-16(13-17(22)14-25)24-26-23(27-33-24)20-6-4-5-19-18(20)8-9-21(19)28-34(29,30)12-11-31-3;1-13(2)25-19-10-9-15(11-16(19)12-22)21-23-20(24-26-21)18-8-4-6-14-5-3-7-17(14)18;1-2;1-4(2)3/h4-7,10,13,15,21,28H,8-9,11-12H2,1-3H3;4,6,8-11,13H,3,5,7H2,1-2H3;1-2H3;1-2H2. The number of sulfonamides is 1. The molecule has 2 aliphatic rings. The molecule has 8 rings (SSSR count). The van der Waals surface area contributed by atoms with Gasteiger partial charge in [-0.15, -0.1) is 0 Å². The Kier molecular flexibility index (Phi) is 18.2. The molecule has 0 saturated carbocycles. The van der Waals surface area contributed by atoms with E-state index in [2.05, 4.69) is 53.5 Å². The van der Waals surface area contributed by atoms with Gasteiger partial charge >= 0.3 is 0 Å². The molecular weight excluding hydrogens is 883 g/mol. The van der Waals surface area contributed by atoms with E-state index in [0.29, 0.717) is 64.1 Å². The molecule has 2 heterocycles. The van der Waals surface area contributed by atoms with Crippen LogP contribution < -0.4 is 24.5 Å². The van der Waals surface area contributed by atoms with E-state index >= 15 is 0 Å². The van der Waals surface area contributed by atoms with Gasteiger partial charge < -0.3 is 23.3 Å². The van der Waals surface area contributed by atoms with Crippen molar-refractivity contribution in [2.75, 3.05) is 19.5 Å². The zero-order valence-corrected chi connectivity index (χ0v) is 39.7. The first kappa shape index (κ1) is 50.7. The molecule has 5 N–H and O–H groups in total. The lowest BCUT2D eigenvalue weighted by molar-refractivity contribution is 0.216. The molecule has 6 aromatic rings. The van der Waals surface area contributed by atoms with Crippen LogP contribution in [0.2, 0.25) is 0 Å². The Labute approximate surface area is 388 Å². The quantitative estimate of drug-likeness (QED) is 0.100. The summed E-state index contributed by atoms with van der Waals surface area (Å²) in [6.07, 6.45) is 4.61. The SMILES string of the molecule is CC.CC(C)Oc1ccc(-c2nc(-c3cccc4c3CCC4)no2)cc1C#N.COCCS(=O)(=O)NC1CCc2c(-c3noc(-c4ccc(OC(C)C)c(C#N)c4)n3)cccc21.NS(N)=O. The molecule has 0 fully saturated rings. The number of benzene rings is 4. The van der Waals surface area contributed by atoms with Gasteiger partial charge in [0.15, 0.2) is 11.2 Å². The number of fused-ring (bicyclic) bond motifs is 2. The Morgan fingerprint density at radius 2 is 1.30 bits per heavy atom. The molecule has 0 aliphatic heterocycles. The van der Waals surface area contributed by atoms with Gasteiger partial charge in [-0.3, -0.25) is 0 Å². The Balaban J connectivity index is 0.000000227. The summed E-state index contributed by atoms with van der Waals surface area (Å²) >= 11 is -1.61. The van der Waals surface area contributed by atoms with Gasteiger partial charge in [-0.25, -0.2) is 27.6 Å². The van der Waals surface area contributed by atoms with Crippen LogP contribution >= 0.6 is 0 Å². The highest BCUT2D eigenvalue weighted by Gasteiger charge is 2.30. The molecule has 4 aromatic carbocycles. The van der Waals surface area contributed by atoms with Gasteiger partial charge in [0.1, 0.15) is 23.6 Å². The summed E-state index contributed by atoms with van der Waals surface area (Å²) in [5, 5.41) is 35.9. The summed E-state index contributed by atoms with van der Waals surface area (Å²) in [6, 6.07) is 26.4. The number of ether oxygens (including phenoxy) is 3. The molecule has 348 valence electrons. The lowest BCUT2D eigenvalue weighted by Gasteiger charge is -2.14. The number of nitrogens with two attached hydrogens (primary N) is 2. The maximum absolute atomic E-state index is 12.3. The van der Waals surface area contributed by atoms with Gasteiger partial charge in [0, 0.05) is 35.4 Å². The number of aryl methyl sites for hydroxylation is 1. The van der Waals surface area contributed by atoms with Crippen LogP contribution in [0.5, 0.6) is 11.5 Å². The summed E-state index contributed by atoms with van der Waals surface area (Å²) < 4.78 is 63.8. The molecular formula is C47H55N9O8S2. The normalized spacial score (nSPS) is 13.6. The van der Waals surface area contributed by atoms with Crippen molar-refractivity contribution in [2.45, 2.75) is 91.9 Å². The van der Waals surface area contributed by atoms with Gasteiger partial charge in [-0.05, 0) is 118 Å². The van der Waals surface area contributed by atoms with E-state index in [0.717, 1.165) is 35.1 Å². The summed E-state index contributed by atoms with van der Waals surface area (Å²) in [7, 11) is -1.99. The second kappa shape index (κ2) is 23.7. The van der Waals surface area contributed by atoms with Crippen molar-refractivity contribution in [3.8, 4) is 69.3 Å². The molecule has 0 spiro atoms. The Morgan fingerprint density at radius 1 is 0.788 bits per heavy atom.